The summed E-state index contributed by atoms with van der Waals surface area (Å²) in [6.07, 6.45) is -3.06. The molecular weight excluding hydrogens is 657 g/mol. The van der Waals surface area contributed by atoms with Crippen LogP contribution in [0.4, 0.5) is 13.2 Å². The number of aryl methyl sites for hydroxylation is 1. The van der Waals surface area contributed by atoms with Crippen LogP contribution in [0, 0.1) is 6.92 Å². The lowest BCUT2D eigenvalue weighted by Crippen LogP contribution is -2.39. The molecule has 258 valence electrons. The Hall–Kier alpha value is -4.43. The van der Waals surface area contributed by atoms with Gasteiger partial charge in [-0.25, -0.2) is 13.4 Å². The third-order valence-corrected chi connectivity index (χ3v) is 10.3. The lowest BCUT2D eigenvalue weighted by molar-refractivity contribution is -0.137. The SMILES string of the molecule is COc1ccc(CN(Cc2ccc(OC)cc2)S(=O)(=O)c2ccc(-c3nc4cc(C)ccn4c3C[C@H]3CNCCO3)c(C(F)(F)F)c2)cc1. The van der Waals surface area contributed by atoms with Gasteiger partial charge in [-0.3, -0.25) is 0 Å². The van der Waals surface area contributed by atoms with Gasteiger partial charge in [-0.05, 0) is 72.1 Å². The molecule has 13 heteroatoms. The maximum absolute atomic E-state index is 14.9. The average Bonchev–Trinajstić information content (AvgIpc) is 3.45. The van der Waals surface area contributed by atoms with Crippen LogP contribution in [0.3, 0.4) is 0 Å². The predicted octanol–water partition coefficient (Wildman–Crippen LogP) is 6.27. The van der Waals surface area contributed by atoms with Crippen molar-refractivity contribution in [3.63, 3.8) is 0 Å². The van der Waals surface area contributed by atoms with Gasteiger partial charge >= 0.3 is 6.18 Å². The Kier molecular flexibility index (Phi) is 9.98. The van der Waals surface area contributed by atoms with Gasteiger partial charge in [0, 0.05) is 44.4 Å². The number of imidazole rings is 1. The third kappa shape index (κ3) is 7.59. The molecule has 0 saturated carbocycles. The van der Waals surface area contributed by atoms with E-state index in [1.807, 2.05) is 13.0 Å². The maximum atomic E-state index is 14.9. The van der Waals surface area contributed by atoms with Gasteiger partial charge in [-0.15, -0.1) is 0 Å². The standard InChI is InChI=1S/C36H37F3N4O5S/c1-24-14-16-43-33(19-29-21-40-15-17-48-29)35(41-34(43)18-24)31-13-12-30(20-32(31)36(37,38)39)49(44,45)42(22-25-4-8-27(46-2)9-5-25)23-26-6-10-28(47-3)11-7-26/h4-14,16,18,20,29,40H,15,17,19,21-23H2,1-3H3/t29-/m0/s1. The zero-order valence-electron chi connectivity index (χ0n) is 27.3. The van der Waals surface area contributed by atoms with E-state index in [0.29, 0.717) is 60.1 Å². The molecule has 0 radical (unpaired) electrons. The van der Waals surface area contributed by atoms with Crippen molar-refractivity contribution < 1.29 is 35.8 Å². The predicted molar refractivity (Wildman–Crippen MR) is 179 cm³/mol. The Morgan fingerprint density at radius 2 is 1.57 bits per heavy atom. The largest absolute Gasteiger partial charge is 0.497 e. The Labute approximate surface area is 283 Å². The molecule has 9 nitrogen and oxygen atoms in total. The number of rotatable bonds is 11. The molecule has 1 aliphatic rings. The molecule has 0 bridgehead atoms. The van der Waals surface area contributed by atoms with E-state index in [9.17, 15) is 21.6 Å². The average molecular weight is 695 g/mol. The molecule has 1 fully saturated rings. The van der Waals surface area contributed by atoms with Crippen molar-refractivity contribution in [1.29, 1.82) is 0 Å². The molecule has 0 unspecified atom stereocenters. The maximum Gasteiger partial charge on any atom is 0.417 e. The molecule has 1 aliphatic heterocycles. The first kappa shape index (κ1) is 34.4. The number of methoxy groups -OCH3 is 2. The van der Waals surface area contributed by atoms with Gasteiger partial charge in [0.1, 0.15) is 17.1 Å². The Balaban J connectivity index is 1.44. The molecule has 3 heterocycles. The summed E-state index contributed by atoms with van der Waals surface area (Å²) in [6.45, 7) is 3.42. The molecule has 1 saturated heterocycles. The fourth-order valence-electron chi connectivity index (χ4n) is 5.94. The van der Waals surface area contributed by atoms with Gasteiger partial charge in [0.25, 0.3) is 0 Å². The van der Waals surface area contributed by atoms with E-state index in [2.05, 4.69) is 10.3 Å². The van der Waals surface area contributed by atoms with Gasteiger partial charge in [-0.2, -0.15) is 17.5 Å². The highest BCUT2D eigenvalue weighted by Gasteiger charge is 2.38. The van der Waals surface area contributed by atoms with Gasteiger partial charge in [0.15, 0.2) is 0 Å². The van der Waals surface area contributed by atoms with Crippen molar-refractivity contribution in [2.45, 2.75) is 43.6 Å². The van der Waals surface area contributed by atoms with E-state index in [4.69, 9.17) is 14.2 Å². The smallest absolute Gasteiger partial charge is 0.417 e. The zero-order chi connectivity index (χ0) is 34.8. The minimum absolute atomic E-state index is 0.0905. The van der Waals surface area contributed by atoms with Crippen LogP contribution in [-0.2, 0) is 40.4 Å². The lowest BCUT2D eigenvalue weighted by Gasteiger charge is -2.25. The van der Waals surface area contributed by atoms with E-state index >= 15 is 0 Å². The summed E-state index contributed by atoms with van der Waals surface area (Å²) in [5.74, 6) is 1.18. The van der Waals surface area contributed by atoms with Gasteiger partial charge < -0.3 is 23.9 Å². The van der Waals surface area contributed by atoms with E-state index < -0.39 is 26.7 Å². The van der Waals surface area contributed by atoms with Crippen LogP contribution < -0.4 is 14.8 Å². The number of nitrogens with zero attached hydrogens (tertiary/aromatic N) is 3. The van der Waals surface area contributed by atoms with Crippen molar-refractivity contribution in [2.24, 2.45) is 0 Å². The van der Waals surface area contributed by atoms with Crippen LogP contribution in [0.15, 0.2) is 90.0 Å². The molecule has 2 aromatic heterocycles. The molecule has 1 N–H and O–H groups in total. The van der Waals surface area contributed by atoms with Crippen molar-refractivity contribution >= 4 is 15.7 Å². The number of halogens is 3. The molecule has 0 amide bonds. The first-order valence-electron chi connectivity index (χ1n) is 15.7. The highest BCUT2D eigenvalue weighted by atomic mass is 32.2. The van der Waals surface area contributed by atoms with Crippen molar-refractivity contribution in [1.82, 2.24) is 19.0 Å². The van der Waals surface area contributed by atoms with Crippen LogP contribution in [0.5, 0.6) is 11.5 Å². The zero-order valence-corrected chi connectivity index (χ0v) is 28.1. The molecule has 0 aliphatic carbocycles. The van der Waals surface area contributed by atoms with Crippen LogP contribution in [0.1, 0.15) is 27.9 Å². The van der Waals surface area contributed by atoms with Gasteiger partial charge in [-0.1, -0.05) is 30.3 Å². The molecule has 5 aromatic rings. The summed E-state index contributed by atoms with van der Waals surface area (Å²) in [4.78, 5) is 4.18. The quantitative estimate of drug-likeness (QED) is 0.174. The molecule has 0 spiro atoms. The van der Waals surface area contributed by atoms with Crippen LogP contribution in [-0.4, -0.2) is 62.1 Å². The summed E-state index contributed by atoms with van der Waals surface area (Å²) in [6, 6.07) is 20.5. The number of sulfonamides is 1. The fourth-order valence-corrected chi connectivity index (χ4v) is 7.39. The number of alkyl halides is 3. The summed E-state index contributed by atoms with van der Waals surface area (Å²) >= 11 is 0. The number of pyridine rings is 1. The minimum Gasteiger partial charge on any atom is -0.497 e. The Morgan fingerprint density at radius 3 is 2.12 bits per heavy atom. The van der Waals surface area contributed by atoms with E-state index in [1.165, 1.54) is 26.4 Å². The summed E-state index contributed by atoms with van der Waals surface area (Å²) in [7, 11) is -1.41. The van der Waals surface area contributed by atoms with Crippen molar-refractivity contribution in [2.75, 3.05) is 33.9 Å². The highest BCUT2D eigenvalue weighted by molar-refractivity contribution is 7.89. The normalized spacial score (nSPS) is 15.5. The van der Waals surface area contributed by atoms with Crippen molar-refractivity contribution in [3.05, 3.63) is 113 Å². The van der Waals surface area contributed by atoms with Crippen LogP contribution in [0.25, 0.3) is 16.9 Å². The number of hydrogen-bond donors (Lipinski definition) is 1. The molecule has 3 aromatic carbocycles. The number of benzene rings is 3. The van der Waals surface area contributed by atoms with E-state index in [1.54, 1.807) is 65.2 Å². The van der Waals surface area contributed by atoms with Crippen molar-refractivity contribution in [3.8, 4) is 22.8 Å². The number of hydrogen-bond acceptors (Lipinski definition) is 7. The first-order valence-corrected chi connectivity index (χ1v) is 17.2. The number of ether oxygens (including phenoxy) is 3. The Bertz CT molecular complexity index is 1980. The molecule has 49 heavy (non-hydrogen) atoms. The first-order chi connectivity index (χ1) is 23.5. The molecule has 1 atom stereocenters. The van der Waals surface area contributed by atoms with Gasteiger partial charge in [0.2, 0.25) is 10.0 Å². The van der Waals surface area contributed by atoms with Crippen LogP contribution in [0.2, 0.25) is 0 Å². The summed E-state index contributed by atoms with van der Waals surface area (Å²) in [5, 5.41) is 3.26. The summed E-state index contributed by atoms with van der Waals surface area (Å²) in [5.41, 5.74) is 2.04. The summed E-state index contributed by atoms with van der Waals surface area (Å²) < 4.78 is 92.7. The number of morpholine rings is 1. The number of fused-ring (bicyclic) bond motifs is 1. The van der Waals surface area contributed by atoms with Crippen LogP contribution >= 0.6 is 0 Å². The highest BCUT2D eigenvalue weighted by Crippen LogP contribution is 2.40. The second-order valence-electron chi connectivity index (χ2n) is 11.9. The third-order valence-electron chi connectivity index (χ3n) is 8.53. The fraction of sp³-hybridized carbons (Fsp3) is 0.306. The Morgan fingerprint density at radius 1 is 0.939 bits per heavy atom. The van der Waals surface area contributed by atoms with E-state index in [0.717, 1.165) is 15.9 Å². The second-order valence-corrected chi connectivity index (χ2v) is 13.9. The van der Waals surface area contributed by atoms with Gasteiger partial charge in [0.05, 0.1) is 48.8 Å². The number of nitrogens with one attached hydrogen (secondary N) is 1. The topological polar surface area (TPSA) is 94.4 Å². The monoisotopic (exact) mass is 694 g/mol. The second kappa shape index (κ2) is 14.2. The number of aromatic nitrogens is 2. The molecular formula is C36H37F3N4O5S. The van der Waals surface area contributed by atoms with E-state index in [-0.39, 0.29) is 30.5 Å². The molecule has 6 rings (SSSR count). The lowest BCUT2D eigenvalue weighted by atomic mass is 10.00. The minimum atomic E-state index is -4.89.